The van der Waals surface area contributed by atoms with Gasteiger partial charge in [-0.1, -0.05) is 24.3 Å². The molecule has 5 nitrogen and oxygen atoms in total. The second-order valence-corrected chi connectivity index (χ2v) is 4.03. The molecule has 0 atom stereocenters. The lowest BCUT2D eigenvalue weighted by molar-refractivity contribution is 0.0652. The summed E-state index contributed by atoms with van der Waals surface area (Å²) in [6.07, 6.45) is 0. The molecule has 0 aliphatic heterocycles. The van der Waals surface area contributed by atoms with Crippen molar-refractivity contribution in [2.45, 2.75) is 0 Å². The number of carboxylic acids is 2. The number of nitrogens with zero attached hydrogens (tertiary/aromatic N) is 1. The molecule has 98 valence electrons. The van der Waals surface area contributed by atoms with E-state index in [-0.39, 0.29) is 16.7 Å². The van der Waals surface area contributed by atoms with Crippen molar-refractivity contribution in [3.05, 3.63) is 59.2 Å². The minimum atomic E-state index is -1.32. The molecule has 0 heterocycles. The van der Waals surface area contributed by atoms with Gasteiger partial charge >= 0.3 is 11.9 Å². The molecule has 2 aromatic rings. The number of rotatable bonds is 3. The summed E-state index contributed by atoms with van der Waals surface area (Å²) in [6, 6.07) is 12.6. The van der Waals surface area contributed by atoms with Crippen LogP contribution in [0.15, 0.2) is 42.5 Å². The summed E-state index contributed by atoms with van der Waals surface area (Å²) in [7, 11) is 0. The normalized spacial score (nSPS) is 9.75. The Balaban J connectivity index is 2.74. The smallest absolute Gasteiger partial charge is 0.337 e. The molecule has 0 aromatic heterocycles. The predicted octanol–water partition coefficient (Wildman–Crippen LogP) is 2.62. The molecule has 0 aliphatic carbocycles. The van der Waals surface area contributed by atoms with E-state index < -0.39 is 11.9 Å². The molecular weight excluding hydrogens is 258 g/mol. The Hall–Kier alpha value is -3.13. The maximum atomic E-state index is 11.3. The van der Waals surface area contributed by atoms with E-state index in [4.69, 9.17) is 10.4 Å². The highest BCUT2D eigenvalue weighted by atomic mass is 16.4. The molecule has 2 aromatic carbocycles. The van der Waals surface area contributed by atoms with Crippen molar-refractivity contribution in [2.24, 2.45) is 0 Å². The maximum absolute atomic E-state index is 11.3. The Morgan fingerprint density at radius 1 is 1.00 bits per heavy atom. The molecule has 0 aliphatic rings. The summed E-state index contributed by atoms with van der Waals surface area (Å²) in [5.74, 6) is -2.62. The number of aromatic carboxylic acids is 2. The zero-order valence-corrected chi connectivity index (χ0v) is 10.2. The molecular formula is C15H9NO4. The number of nitriles is 1. The topological polar surface area (TPSA) is 98.4 Å². The van der Waals surface area contributed by atoms with Crippen LogP contribution in [0.3, 0.4) is 0 Å². The first-order valence-electron chi connectivity index (χ1n) is 5.64. The van der Waals surface area contributed by atoms with Gasteiger partial charge < -0.3 is 10.2 Å². The van der Waals surface area contributed by atoms with E-state index in [1.807, 2.05) is 6.07 Å². The molecule has 0 radical (unpaired) electrons. The van der Waals surface area contributed by atoms with Gasteiger partial charge in [-0.15, -0.1) is 0 Å². The van der Waals surface area contributed by atoms with Gasteiger partial charge in [-0.25, -0.2) is 9.59 Å². The second kappa shape index (κ2) is 5.24. The fourth-order valence-corrected chi connectivity index (χ4v) is 1.96. The fourth-order valence-electron chi connectivity index (χ4n) is 1.96. The van der Waals surface area contributed by atoms with E-state index in [1.54, 1.807) is 18.2 Å². The van der Waals surface area contributed by atoms with E-state index in [2.05, 4.69) is 0 Å². The average Bonchev–Trinajstić information content (AvgIpc) is 2.46. The molecule has 20 heavy (non-hydrogen) atoms. The van der Waals surface area contributed by atoms with Gasteiger partial charge in [0.25, 0.3) is 0 Å². The highest BCUT2D eigenvalue weighted by molar-refractivity contribution is 6.06. The lowest BCUT2D eigenvalue weighted by Gasteiger charge is -2.09. The predicted molar refractivity (Wildman–Crippen MR) is 70.5 cm³/mol. The molecule has 0 bridgehead atoms. The van der Waals surface area contributed by atoms with Crippen molar-refractivity contribution in [3.63, 3.8) is 0 Å². The highest BCUT2D eigenvalue weighted by Gasteiger charge is 2.20. The van der Waals surface area contributed by atoms with E-state index >= 15 is 0 Å². The SMILES string of the molecule is N#Cc1cccc(-c2cccc(C(=O)O)c2C(=O)O)c1. The van der Waals surface area contributed by atoms with Crippen molar-refractivity contribution in [2.75, 3.05) is 0 Å². The Bertz CT molecular complexity index is 744. The molecule has 0 fully saturated rings. The highest BCUT2D eigenvalue weighted by Crippen LogP contribution is 2.27. The Labute approximate surface area is 114 Å². The second-order valence-electron chi connectivity index (χ2n) is 4.03. The first-order chi connectivity index (χ1) is 9.54. The van der Waals surface area contributed by atoms with E-state index in [9.17, 15) is 14.7 Å². The van der Waals surface area contributed by atoms with E-state index in [1.165, 1.54) is 24.3 Å². The third-order valence-electron chi connectivity index (χ3n) is 2.81. The zero-order chi connectivity index (χ0) is 14.7. The molecule has 2 N–H and O–H groups in total. The quantitative estimate of drug-likeness (QED) is 0.890. The lowest BCUT2D eigenvalue weighted by Crippen LogP contribution is -2.09. The molecule has 0 amide bonds. The van der Waals surface area contributed by atoms with Gasteiger partial charge in [-0.3, -0.25) is 0 Å². The van der Waals surface area contributed by atoms with Gasteiger partial charge in [0.15, 0.2) is 0 Å². The first kappa shape index (κ1) is 13.3. The molecule has 0 saturated carbocycles. The van der Waals surface area contributed by atoms with Crippen molar-refractivity contribution in [3.8, 4) is 17.2 Å². The number of hydrogen-bond donors (Lipinski definition) is 2. The summed E-state index contributed by atoms with van der Waals surface area (Å²) >= 11 is 0. The summed E-state index contributed by atoms with van der Waals surface area (Å²) in [4.78, 5) is 22.5. The summed E-state index contributed by atoms with van der Waals surface area (Å²) in [6.45, 7) is 0. The molecule has 2 rings (SSSR count). The first-order valence-corrected chi connectivity index (χ1v) is 5.64. The number of carbonyl (C=O) groups is 2. The van der Waals surface area contributed by atoms with Crippen LogP contribution >= 0.6 is 0 Å². The van der Waals surface area contributed by atoms with Crippen LogP contribution in [0.1, 0.15) is 26.3 Å². The van der Waals surface area contributed by atoms with Crippen LogP contribution in [0.2, 0.25) is 0 Å². The monoisotopic (exact) mass is 267 g/mol. The fraction of sp³-hybridized carbons (Fsp3) is 0. The maximum Gasteiger partial charge on any atom is 0.337 e. The van der Waals surface area contributed by atoms with E-state index in [0.717, 1.165) is 0 Å². The van der Waals surface area contributed by atoms with Crippen LogP contribution in [0.4, 0.5) is 0 Å². The van der Waals surface area contributed by atoms with Crippen LogP contribution in [0.5, 0.6) is 0 Å². The Kier molecular flexibility index (Phi) is 3.49. The molecule has 5 heteroatoms. The molecule has 0 saturated heterocycles. The average molecular weight is 267 g/mol. The molecule has 0 spiro atoms. The van der Waals surface area contributed by atoms with Crippen molar-refractivity contribution in [1.29, 1.82) is 5.26 Å². The summed E-state index contributed by atoms with van der Waals surface area (Å²) in [5.41, 5.74) is 0.575. The number of hydrogen-bond acceptors (Lipinski definition) is 3. The third-order valence-corrected chi connectivity index (χ3v) is 2.81. The van der Waals surface area contributed by atoms with Gasteiger partial charge in [-0.2, -0.15) is 5.26 Å². The van der Waals surface area contributed by atoms with Gasteiger partial charge in [0.2, 0.25) is 0 Å². The van der Waals surface area contributed by atoms with E-state index in [0.29, 0.717) is 11.1 Å². The lowest BCUT2D eigenvalue weighted by atomic mass is 9.94. The van der Waals surface area contributed by atoms with Crippen LogP contribution in [-0.2, 0) is 0 Å². The van der Waals surface area contributed by atoms with Crippen LogP contribution in [-0.4, -0.2) is 22.2 Å². The van der Waals surface area contributed by atoms with Crippen LogP contribution in [0.25, 0.3) is 11.1 Å². The number of benzene rings is 2. The van der Waals surface area contributed by atoms with Gasteiger partial charge in [0, 0.05) is 0 Å². The van der Waals surface area contributed by atoms with Gasteiger partial charge in [0.05, 0.1) is 22.8 Å². The van der Waals surface area contributed by atoms with Gasteiger partial charge in [-0.05, 0) is 29.3 Å². The zero-order valence-electron chi connectivity index (χ0n) is 10.2. The van der Waals surface area contributed by atoms with Crippen molar-refractivity contribution in [1.82, 2.24) is 0 Å². The Morgan fingerprint density at radius 3 is 2.30 bits per heavy atom. The minimum Gasteiger partial charge on any atom is -0.478 e. The standard InChI is InChI=1S/C15H9NO4/c16-8-9-3-1-4-10(7-9)11-5-2-6-12(14(17)18)13(11)15(19)20/h1-7H,(H,17,18)(H,19,20). The van der Waals surface area contributed by atoms with Crippen molar-refractivity contribution < 1.29 is 19.8 Å². The minimum absolute atomic E-state index is 0.273. The largest absolute Gasteiger partial charge is 0.478 e. The number of carboxylic acid groups (broad SMARTS) is 2. The Morgan fingerprint density at radius 2 is 1.70 bits per heavy atom. The van der Waals surface area contributed by atoms with Crippen LogP contribution < -0.4 is 0 Å². The molecule has 0 unspecified atom stereocenters. The third kappa shape index (κ3) is 2.35. The van der Waals surface area contributed by atoms with Crippen molar-refractivity contribution >= 4 is 11.9 Å². The van der Waals surface area contributed by atoms with Gasteiger partial charge in [0.1, 0.15) is 0 Å². The summed E-state index contributed by atoms with van der Waals surface area (Å²) in [5, 5.41) is 27.2. The van der Waals surface area contributed by atoms with Crippen LogP contribution in [0, 0.1) is 11.3 Å². The summed E-state index contributed by atoms with van der Waals surface area (Å²) < 4.78 is 0.